The summed E-state index contributed by atoms with van der Waals surface area (Å²) in [4.78, 5) is 8.04. The van der Waals surface area contributed by atoms with Gasteiger partial charge in [0.1, 0.15) is 5.82 Å². The zero-order chi connectivity index (χ0) is 16.4. The second-order valence-electron chi connectivity index (χ2n) is 6.66. The van der Waals surface area contributed by atoms with Crippen molar-refractivity contribution in [2.75, 3.05) is 0 Å². The summed E-state index contributed by atoms with van der Waals surface area (Å²) in [6.45, 7) is 2.25. The number of nitrogens with zero attached hydrogens (tertiary/aromatic N) is 1. The number of allylic oxidation sites excluding steroid dienone is 4. The van der Waals surface area contributed by atoms with Gasteiger partial charge in [-0.1, -0.05) is 67.6 Å². The average Bonchev–Trinajstić information content (AvgIpc) is 3.09. The van der Waals surface area contributed by atoms with Crippen molar-refractivity contribution in [3.63, 3.8) is 0 Å². The maximum atomic E-state index is 4.56. The van der Waals surface area contributed by atoms with Gasteiger partial charge in [-0.2, -0.15) is 0 Å². The third-order valence-electron chi connectivity index (χ3n) is 4.67. The summed E-state index contributed by atoms with van der Waals surface area (Å²) < 4.78 is 0. The van der Waals surface area contributed by atoms with E-state index in [-0.39, 0.29) is 0 Å². The number of nitrogens with one attached hydrogen (secondary N) is 1. The van der Waals surface area contributed by atoms with Crippen molar-refractivity contribution in [3.8, 4) is 0 Å². The molecule has 0 fully saturated rings. The fourth-order valence-electron chi connectivity index (χ4n) is 3.31. The predicted molar refractivity (Wildman–Crippen MR) is 101 cm³/mol. The van der Waals surface area contributed by atoms with Gasteiger partial charge in [0.05, 0.1) is 11.9 Å². The van der Waals surface area contributed by atoms with Crippen LogP contribution in [0.5, 0.6) is 0 Å². The Morgan fingerprint density at radius 2 is 1.96 bits per heavy atom. The van der Waals surface area contributed by atoms with E-state index in [2.05, 4.69) is 77.6 Å². The van der Waals surface area contributed by atoms with Crippen LogP contribution in [0.15, 0.2) is 66.9 Å². The summed E-state index contributed by atoms with van der Waals surface area (Å²) in [6, 6.07) is 15.2. The topological polar surface area (TPSA) is 28.7 Å². The van der Waals surface area contributed by atoms with Crippen molar-refractivity contribution in [3.05, 3.63) is 84.0 Å². The number of aryl methyl sites for hydroxylation is 2. The molecule has 0 saturated carbocycles. The molecule has 1 heterocycles. The molecular weight excluding hydrogens is 292 g/mol. The van der Waals surface area contributed by atoms with Crippen LogP contribution in [-0.2, 0) is 12.8 Å². The monoisotopic (exact) mass is 314 g/mol. The van der Waals surface area contributed by atoms with Crippen molar-refractivity contribution < 1.29 is 0 Å². The summed E-state index contributed by atoms with van der Waals surface area (Å²) in [5, 5.41) is 2.60. The summed E-state index contributed by atoms with van der Waals surface area (Å²) >= 11 is 0. The molecule has 1 aromatic heterocycles. The van der Waals surface area contributed by atoms with Gasteiger partial charge in [-0.3, -0.25) is 0 Å². The van der Waals surface area contributed by atoms with E-state index in [1.807, 2.05) is 6.20 Å². The van der Waals surface area contributed by atoms with E-state index < -0.39 is 0 Å². The molecule has 0 amide bonds. The third kappa shape index (κ3) is 3.18. The number of aromatic nitrogens is 2. The molecule has 1 atom stereocenters. The molecule has 0 radical (unpaired) electrons. The van der Waals surface area contributed by atoms with E-state index in [1.165, 1.54) is 21.9 Å². The number of hydrogen-bond acceptors (Lipinski definition) is 1. The summed E-state index contributed by atoms with van der Waals surface area (Å²) in [5.74, 6) is 1.67. The van der Waals surface area contributed by atoms with Gasteiger partial charge >= 0.3 is 0 Å². The first-order valence-corrected chi connectivity index (χ1v) is 8.68. The lowest BCUT2D eigenvalue weighted by molar-refractivity contribution is 0.739. The van der Waals surface area contributed by atoms with Gasteiger partial charge in [-0.15, -0.1) is 0 Å². The molecule has 0 spiro atoms. The number of aromatic amines is 1. The zero-order valence-corrected chi connectivity index (χ0v) is 14.0. The van der Waals surface area contributed by atoms with E-state index in [4.69, 9.17) is 0 Å². The Morgan fingerprint density at radius 1 is 1.08 bits per heavy atom. The lowest BCUT2D eigenvalue weighted by Crippen LogP contribution is -1.96. The Labute approximate surface area is 142 Å². The van der Waals surface area contributed by atoms with Crippen LogP contribution >= 0.6 is 0 Å². The molecule has 2 heteroatoms. The molecule has 4 rings (SSSR count). The van der Waals surface area contributed by atoms with Crippen molar-refractivity contribution in [1.29, 1.82) is 0 Å². The van der Waals surface area contributed by atoms with E-state index in [9.17, 15) is 0 Å². The first-order valence-electron chi connectivity index (χ1n) is 8.68. The molecule has 0 saturated heterocycles. The second-order valence-corrected chi connectivity index (χ2v) is 6.66. The fourth-order valence-corrected chi connectivity index (χ4v) is 3.31. The first-order chi connectivity index (χ1) is 11.8. The van der Waals surface area contributed by atoms with Crippen LogP contribution < -0.4 is 0 Å². The minimum Gasteiger partial charge on any atom is -0.342 e. The molecule has 0 aliphatic heterocycles. The Hall–Kier alpha value is -2.61. The molecule has 3 aromatic rings. The number of benzene rings is 2. The van der Waals surface area contributed by atoms with Gasteiger partial charge in [0.2, 0.25) is 0 Å². The van der Waals surface area contributed by atoms with Gasteiger partial charge in [-0.05, 0) is 40.7 Å². The largest absolute Gasteiger partial charge is 0.342 e. The molecular formula is C22H22N2. The number of imidazole rings is 1. The van der Waals surface area contributed by atoms with Gasteiger partial charge < -0.3 is 4.98 Å². The Bertz CT molecular complexity index is 914. The lowest BCUT2D eigenvalue weighted by Gasteiger charge is -2.10. The molecule has 1 unspecified atom stereocenters. The molecule has 24 heavy (non-hydrogen) atoms. The maximum absolute atomic E-state index is 4.56. The standard InChI is InChI=1S/C22H22N2/c1-16-5-4-8-20(13-16)21-15-23-22(24-21)12-10-17-9-11-18-6-2-3-7-19(18)14-17/h2-4,6-9,11,13-16H,5,10,12H2,1H3,(H,23,24). The van der Waals surface area contributed by atoms with Crippen LogP contribution in [0.1, 0.15) is 30.4 Å². The minimum absolute atomic E-state index is 0.606. The van der Waals surface area contributed by atoms with Crippen LogP contribution in [0, 0.1) is 5.92 Å². The quantitative estimate of drug-likeness (QED) is 0.693. The minimum atomic E-state index is 0.606. The average molecular weight is 314 g/mol. The molecule has 2 aromatic carbocycles. The third-order valence-corrected chi connectivity index (χ3v) is 4.67. The number of H-pyrrole nitrogens is 1. The summed E-state index contributed by atoms with van der Waals surface area (Å²) in [5.41, 5.74) is 3.75. The fraction of sp³-hybridized carbons (Fsp3) is 0.227. The highest BCUT2D eigenvalue weighted by Crippen LogP contribution is 2.23. The Kier molecular flexibility index (Phi) is 4.04. The van der Waals surface area contributed by atoms with Crippen LogP contribution in [0.3, 0.4) is 0 Å². The van der Waals surface area contributed by atoms with Crippen LogP contribution in [0.4, 0.5) is 0 Å². The highest BCUT2D eigenvalue weighted by Gasteiger charge is 2.09. The first kappa shape index (κ1) is 14.9. The molecule has 120 valence electrons. The van der Waals surface area contributed by atoms with Gasteiger partial charge in [0, 0.05) is 6.42 Å². The second kappa shape index (κ2) is 6.48. The number of fused-ring (bicyclic) bond motifs is 1. The maximum Gasteiger partial charge on any atom is 0.106 e. The summed E-state index contributed by atoms with van der Waals surface area (Å²) in [7, 11) is 0. The normalized spacial score (nSPS) is 17.2. The summed E-state index contributed by atoms with van der Waals surface area (Å²) in [6.07, 6.45) is 11.8. The molecule has 0 bridgehead atoms. The molecule has 1 aliphatic rings. The van der Waals surface area contributed by atoms with Crippen LogP contribution in [-0.4, -0.2) is 9.97 Å². The van der Waals surface area contributed by atoms with Crippen molar-refractivity contribution in [2.45, 2.75) is 26.2 Å². The van der Waals surface area contributed by atoms with Crippen LogP contribution in [0.25, 0.3) is 16.3 Å². The van der Waals surface area contributed by atoms with Crippen molar-refractivity contribution in [1.82, 2.24) is 9.97 Å². The number of hydrogen-bond donors (Lipinski definition) is 1. The van der Waals surface area contributed by atoms with E-state index in [0.29, 0.717) is 5.92 Å². The van der Waals surface area contributed by atoms with E-state index >= 15 is 0 Å². The van der Waals surface area contributed by atoms with E-state index in [0.717, 1.165) is 30.8 Å². The Morgan fingerprint density at radius 3 is 2.83 bits per heavy atom. The van der Waals surface area contributed by atoms with Crippen LogP contribution in [0.2, 0.25) is 0 Å². The van der Waals surface area contributed by atoms with E-state index in [1.54, 1.807) is 0 Å². The van der Waals surface area contributed by atoms with Gasteiger partial charge in [0.25, 0.3) is 0 Å². The molecule has 1 N–H and O–H groups in total. The smallest absolute Gasteiger partial charge is 0.106 e. The van der Waals surface area contributed by atoms with Crippen molar-refractivity contribution in [2.24, 2.45) is 5.92 Å². The highest BCUT2D eigenvalue weighted by molar-refractivity contribution is 5.83. The predicted octanol–water partition coefficient (Wildman–Crippen LogP) is 5.33. The highest BCUT2D eigenvalue weighted by atomic mass is 14.9. The zero-order valence-electron chi connectivity index (χ0n) is 14.0. The van der Waals surface area contributed by atoms with Crippen molar-refractivity contribution >= 4 is 16.3 Å². The van der Waals surface area contributed by atoms with Gasteiger partial charge in [-0.25, -0.2) is 4.98 Å². The SMILES string of the molecule is CC1C=C(c2cnc(CCc3ccc4ccccc4c3)[nH]2)C=CC1. The number of rotatable bonds is 4. The Balaban J connectivity index is 1.47. The van der Waals surface area contributed by atoms with Gasteiger partial charge in [0.15, 0.2) is 0 Å². The molecule has 1 aliphatic carbocycles. The molecule has 2 nitrogen and oxygen atoms in total. The lowest BCUT2D eigenvalue weighted by atomic mass is 9.97.